The topological polar surface area (TPSA) is 60.9 Å². The summed E-state index contributed by atoms with van der Waals surface area (Å²) >= 11 is 0. The molecule has 0 bridgehead atoms. The molecule has 7 heteroatoms. The van der Waals surface area contributed by atoms with Crippen molar-refractivity contribution in [2.24, 2.45) is 0 Å². The average molecular weight is 456 g/mol. The maximum absolute atomic E-state index is 12.7. The van der Waals surface area contributed by atoms with Gasteiger partial charge in [-0.25, -0.2) is 8.42 Å². The lowest BCUT2D eigenvalue weighted by Gasteiger charge is -2.34. The van der Waals surface area contributed by atoms with Crippen molar-refractivity contribution in [2.75, 3.05) is 49.8 Å². The molecular weight excluding hydrogens is 422 g/mol. The van der Waals surface area contributed by atoms with Gasteiger partial charge in [0.2, 0.25) is 15.9 Å². The first kappa shape index (κ1) is 24.0. The molecule has 0 unspecified atom stereocenters. The molecule has 1 fully saturated rings. The molecule has 32 heavy (non-hydrogen) atoms. The molecule has 1 aliphatic heterocycles. The smallest absolute Gasteiger partial charge is 0.232 e. The Labute approximate surface area is 192 Å². The number of aryl methyl sites for hydroxylation is 1. The molecule has 0 aliphatic carbocycles. The molecule has 0 saturated carbocycles. The van der Waals surface area contributed by atoms with Crippen LogP contribution in [-0.2, 0) is 14.8 Å². The van der Waals surface area contributed by atoms with E-state index in [9.17, 15) is 13.2 Å². The van der Waals surface area contributed by atoms with Gasteiger partial charge in [-0.15, -0.1) is 0 Å². The summed E-state index contributed by atoms with van der Waals surface area (Å²) in [6, 6.07) is 17.7. The van der Waals surface area contributed by atoms with Gasteiger partial charge in [-0.2, -0.15) is 0 Å². The van der Waals surface area contributed by atoms with Gasteiger partial charge in [0.1, 0.15) is 0 Å². The van der Waals surface area contributed by atoms with Gasteiger partial charge in [-0.3, -0.25) is 14.0 Å². The number of rotatable bonds is 9. The van der Waals surface area contributed by atoms with Crippen LogP contribution in [0, 0.1) is 6.92 Å². The van der Waals surface area contributed by atoms with Crippen LogP contribution in [0.25, 0.3) is 6.08 Å². The van der Waals surface area contributed by atoms with Crippen molar-refractivity contribution in [1.82, 2.24) is 9.80 Å². The molecule has 0 aromatic heterocycles. The van der Waals surface area contributed by atoms with Gasteiger partial charge >= 0.3 is 0 Å². The number of anilines is 1. The van der Waals surface area contributed by atoms with Crippen molar-refractivity contribution in [3.05, 3.63) is 71.8 Å². The van der Waals surface area contributed by atoms with E-state index < -0.39 is 10.0 Å². The van der Waals surface area contributed by atoms with Crippen molar-refractivity contribution in [1.29, 1.82) is 0 Å². The van der Waals surface area contributed by atoms with Crippen LogP contribution in [0.3, 0.4) is 0 Å². The summed E-state index contributed by atoms with van der Waals surface area (Å²) in [7, 11) is -3.40. The number of hydrogen-bond acceptors (Lipinski definition) is 4. The minimum atomic E-state index is -3.40. The summed E-state index contributed by atoms with van der Waals surface area (Å²) in [5, 5.41) is 0. The molecule has 0 spiro atoms. The van der Waals surface area contributed by atoms with Crippen molar-refractivity contribution < 1.29 is 13.2 Å². The Kier molecular flexibility index (Phi) is 8.47. The van der Waals surface area contributed by atoms with E-state index in [0.717, 1.165) is 25.2 Å². The van der Waals surface area contributed by atoms with Crippen LogP contribution in [0.5, 0.6) is 0 Å². The van der Waals surface area contributed by atoms with E-state index in [-0.39, 0.29) is 5.91 Å². The van der Waals surface area contributed by atoms with E-state index in [1.165, 1.54) is 16.1 Å². The zero-order chi connectivity index (χ0) is 23.0. The maximum atomic E-state index is 12.7. The zero-order valence-electron chi connectivity index (χ0n) is 19.0. The third kappa shape index (κ3) is 7.21. The minimum Gasteiger partial charge on any atom is -0.340 e. The van der Waals surface area contributed by atoms with Crippen LogP contribution >= 0.6 is 0 Å². The van der Waals surface area contributed by atoms with Crippen molar-refractivity contribution >= 4 is 27.7 Å². The van der Waals surface area contributed by atoms with Crippen LogP contribution in [0.4, 0.5) is 5.69 Å². The minimum absolute atomic E-state index is 0.0992. The van der Waals surface area contributed by atoms with Crippen LogP contribution in [0.1, 0.15) is 24.0 Å². The lowest BCUT2D eigenvalue weighted by Crippen LogP contribution is -2.48. The molecule has 1 aliphatic rings. The Balaban J connectivity index is 1.43. The van der Waals surface area contributed by atoms with Gasteiger partial charge in [-0.05, 0) is 36.6 Å². The van der Waals surface area contributed by atoms with Crippen LogP contribution in [0.2, 0.25) is 0 Å². The second kappa shape index (κ2) is 11.3. The highest BCUT2D eigenvalue weighted by atomic mass is 32.2. The van der Waals surface area contributed by atoms with Crippen LogP contribution < -0.4 is 4.31 Å². The molecule has 6 nitrogen and oxygen atoms in total. The van der Waals surface area contributed by atoms with E-state index in [2.05, 4.69) is 29.2 Å². The van der Waals surface area contributed by atoms with E-state index >= 15 is 0 Å². The van der Waals surface area contributed by atoms with E-state index in [0.29, 0.717) is 38.2 Å². The Hall–Kier alpha value is -2.64. The largest absolute Gasteiger partial charge is 0.340 e. The SMILES string of the molecule is Cc1cccc(N(CCCC(=O)N2CCN(CC=Cc3ccccc3)CC2)S(C)(=O)=O)c1. The lowest BCUT2D eigenvalue weighted by molar-refractivity contribution is -0.132. The molecule has 1 amide bonds. The predicted molar refractivity (Wildman–Crippen MR) is 131 cm³/mol. The highest BCUT2D eigenvalue weighted by molar-refractivity contribution is 7.92. The Morgan fingerprint density at radius 1 is 1.03 bits per heavy atom. The molecule has 1 saturated heterocycles. The third-order valence-electron chi connectivity index (χ3n) is 5.64. The zero-order valence-corrected chi connectivity index (χ0v) is 19.8. The standard InChI is InChI=1S/C25H33N3O3S/c1-22-9-6-13-24(21-22)28(32(2,30)31)16-8-14-25(29)27-19-17-26(18-20-27)15-7-12-23-10-4-3-5-11-23/h3-7,9-13,21H,8,14-20H2,1-2H3. The fraction of sp³-hybridized carbons (Fsp3) is 0.400. The Bertz CT molecular complexity index is 1010. The average Bonchev–Trinajstić information content (AvgIpc) is 2.77. The molecule has 2 aromatic carbocycles. The highest BCUT2D eigenvalue weighted by Crippen LogP contribution is 2.20. The summed E-state index contributed by atoms with van der Waals surface area (Å²) in [6.07, 6.45) is 6.35. The fourth-order valence-corrected chi connectivity index (χ4v) is 4.84. The number of benzene rings is 2. The molecule has 1 heterocycles. The molecule has 172 valence electrons. The number of hydrogen-bond donors (Lipinski definition) is 0. The molecule has 2 aromatic rings. The van der Waals surface area contributed by atoms with E-state index in [1.807, 2.05) is 48.2 Å². The number of sulfonamides is 1. The van der Waals surface area contributed by atoms with Crippen LogP contribution in [-0.4, -0.2) is 69.6 Å². The van der Waals surface area contributed by atoms with Crippen molar-refractivity contribution in [3.63, 3.8) is 0 Å². The summed E-state index contributed by atoms with van der Waals surface area (Å²) < 4.78 is 25.9. The molecule has 0 N–H and O–H groups in total. The number of piperazine rings is 1. The second-order valence-corrected chi connectivity index (χ2v) is 10.2. The van der Waals surface area contributed by atoms with Gasteiger partial charge in [0.15, 0.2) is 0 Å². The summed E-state index contributed by atoms with van der Waals surface area (Å²) in [6.45, 7) is 6.24. The normalized spacial score (nSPS) is 15.2. The summed E-state index contributed by atoms with van der Waals surface area (Å²) in [5.74, 6) is 0.0992. The predicted octanol–water partition coefficient (Wildman–Crippen LogP) is 3.40. The number of amides is 1. The van der Waals surface area contributed by atoms with E-state index in [4.69, 9.17) is 0 Å². The fourth-order valence-electron chi connectivity index (χ4n) is 3.88. The first-order valence-electron chi connectivity index (χ1n) is 11.1. The van der Waals surface area contributed by atoms with Gasteiger partial charge < -0.3 is 4.90 Å². The number of carbonyl (C=O) groups is 1. The molecule has 0 atom stereocenters. The first-order valence-corrected chi connectivity index (χ1v) is 12.9. The van der Waals surface area contributed by atoms with Crippen molar-refractivity contribution in [2.45, 2.75) is 19.8 Å². The number of nitrogens with zero attached hydrogens (tertiary/aromatic N) is 3. The molecular formula is C25H33N3O3S. The first-order chi connectivity index (χ1) is 15.3. The maximum Gasteiger partial charge on any atom is 0.232 e. The molecule has 0 radical (unpaired) electrons. The molecule has 3 rings (SSSR count). The summed E-state index contributed by atoms with van der Waals surface area (Å²) in [4.78, 5) is 16.9. The Morgan fingerprint density at radius 2 is 1.75 bits per heavy atom. The quantitative estimate of drug-likeness (QED) is 0.582. The summed E-state index contributed by atoms with van der Waals surface area (Å²) in [5.41, 5.74) is 2.84. The van der Waals surface area contributed by atoms with Gasteiger partial charge in [0.05, 0.1) is 11.9 Å². The Morgan fingerprint density at radius 3 is 2.41 bits per heavy atom. The lowest BCUT2D eigenvalue weighted by atomic mass is 10.2. The monoisotopic (exact) mass is 455 g/mol. The van der Waals surface area contributed by atoms with Gasteiger partial charge in [0, 0.05) is 45.7 Å². The van der Waals surface area contributed by atoms with Gasteiger partial charge in [0.25, 0.3) is 0 Å². The highest BCUT2D eigenvalue weighted by Gasteiger charge is 2.22. The van der Waals surface area contributed by atoms with Crippen LogP contribution in [0.15, 0.2) is 60.7 Å². The van der Waals surface area contributed by atoms with Gasteiger partial charge in [-0.1, -0.05) is 54.6 Å². The third-order valence-corrected chi connectivity index (χ3v) is 6.83. The number of carbonyl (C=O) groups excluding carboxylic acids is 1. The van der Waals surface area contributed by atoms with E-state index in [1.54, 1.807) is 6.07 Å². The second-order valence-electron chi connectivity index (χ2n) is 8.27. The van der Waals surface area contributed by atoms with Crippen molar-refractivity contribution in [3.8, 4) is 0 Å².